The monoisotopic (exact) mass is 1030 g/mol. The lowest BCUT2D eigenvalue weighted by atomic mass is 9.99. The van der Waals surface area contributed by atoms with Crippen LogP contribution in [0.15, 0.2) is 24.3 Å². The van der Waals surface area contributed by atoms with Gasteiger partial charge in [0.05, 0.1) is 25.4 Å². The molecule has 0 spiro atoms. The molecule has 1 heterocycles. The predicted molar refractivity (Wildman–Crippen MR) is 309 cm³/mol. The molecule has 0 radical (unpaired) electrons. The van der Waals surface area contributed by atoms with Crippen LogP contribution in [0.1, 0.15) is 322 Å². The minimum atomic E-state index is -1.55. The number of hydrogen-bond acceptors (Lipinski definition) is 8. The summed E-state index contributed by atoms with van der Waals surface area (Å²) in [6.07, 6.45) is 62.2. The Morgan fingerprint density at radius 2 is 0.808 bits per heavy atom. The Morgan fingerprint density at radius 3 is 1.18 bits per heavy atom. The number of unbranched alkanes of at least 4 members (excludes halogenated alkanes) is 42. The van der Waals surface area contributed by atoms with E-state index in [-0.39, 0.29) is 12.5 Å². The molecule has 9 nitrogen and oxygen atoms in total. The van der Waals surface area contributed by atoms with E-state index in [1.165, 1.54) is 250 Å². The van der Waals surface area contributed by atoms with Crippen LogP contribution in [-0.4, -0.2) is 87.5 Å². The lowest BCUT2D eigenvalue weighted by Gasteiger charge is -2.40. The van der Waals surface area contributed by atoms with E-state index < -0.39 is 49.5 Å². The fraction of sp³-hybridized carbons (Fsp3) is 0.922. The quantitative estimate of drug-likeness (QED) is 0.0261. The zero-order chi connectivity index (χ0) is 52.9. The molecule has 1 rings (SSSR count). The molecule has 0 aromatic carbocycles. The Labute approximate surface area is 451 Å². The topological polar surface area (TPSA) is 149 Å². The first-order chi connectivity index (χ1) is 35.8. The van der Waals surface area contributed by atoms with E-state index in [1.54, 1.807) is 0 Å². The number of amides is 1. The fourth-order valence-corrected chi connectivity index (χ4v) is 10.5. The number of allylic oxidation sites excluding steroid dienone is 4. The van der Waals surface area contributed by atoms with Gasteiger partial charge in [0.15, 0.2) is 6.29 Å². The maximum Gasteiger partial charge on any atom is 0.220 e. The summed E-state index contributed by atoms with van der Waals surface area (Å²) in [7, 11) is 0. The molecule has 73 heavy (non-hydrogen) atoms. The summed E-state index contributed by atoms with van der Waals surface area (Å²) in [6, 6.07) is -0.717. The van der Waals surface area contributed by atoms with E-state index in [1.807, 2.05) is 0 Å². The summed E-state index contributed by atoms with van der Waals surface area (Å²) in [4.78, 5) is 13.1. The van der Waals surface area contributed by atoms with Crippen LogP contribution in [0.3, 0.4) is 0 Å². The second-order valence-electron chi connectivity index (χ2n) is 22.6. The highest BCUT2D eigenvalue weighted by Gasteiger charge is 2.44. The van der Waals surface area contributed by atoms with Crippen molar-refractivity contribution in [3.63, 3.8) is 0 Å². The minimum Gasteiger partial charge on any atom is -0.394 e. The Balaban J connectivity index is 2.14. The van der Waals surface area contributed by atoms with Gasteiger partial charge in [0.25, 0.3) is 0 Å². The van der Waals surface area contributed by atoms with E-state index in [9.17, 15) is 30.3 Å². The molecule has 432 valence electrons. The smallest absolute Gasteiger partial charge is 0.220 e. The number of nitrogens with one attached hydrogen (secondary N) is 1. The standard InChI is InChI=1S/C64H123NO8/c1-3-5-7-9-11-13-15-17-19-21-23-25-26-27-28-29-30-31-32-34-36-38-40-42-44-46-48-50-52-54-60(68)65-57(56-72-64-63(71)62(70)61(69)59(55-66)73-64)58(67)53-51-49-47-45-43-41-39-37-35-33-24-22-20-18-16-14-12-10-8-6-4-2/h15,17,21,23,57-59,61-64,66-67,69-71H,3-14,16,18-20,22,24-56H2,1-2H3,(H,65,68)/b17-15-,23-21-. The second-order valence-corrected chi connectivity index (χ2v) is 22.6. The average Bonchev–Trinajstić information content (AvgIpc) is 3.39. The number of carbonyl (C=O) groups excluding carboxylic acids is 1. The van der Waals surface area contributed by atoms with E-state index in [0.29, 0.717) is 12.8 Å². The highest BCUT2D eigenvalue weighted by molar-refractivity contribution is 5.76. The molecule has 1 aliphatic heterocycles. The molecule has 7 atom stereocenters. The maximum atomic E-state index is 13.1. The molecular weight excluding hydrogens is 911 g/mol. The highest BCUT2D eigenvalue weighted by atomic mass is 16.7. The number of rotatable bonds is 56. The first-order valence-electron chi connectivity index (χ1n) is 32.0. The van der Waals surface area contributed by atoms with Crippen molar-refractivity contribution in [3.8, 4) is 0 Å². The van der Waals surface area contributed by atoms with Gasteiger partial charge in [-0.2, -0.15) is 0 Å². The van der Waals surface area contributed by atoms with Gasteiger partial charge in [-0.05, 0) is 44.9 Å². The van der Waals surface area contributed by atoms with Crippen molar-refractivity contribution < 1.29 is 39.8 Å². The summed E-state index contributed by atoms with van der Waals surface area (Å²) < 4.78 is 11.3. The van der Waals surface area contributed by atoms with E-state index in [0.717, 1.165) is 44.9 Å². The van der Waals surface area contributed by atoms with Crippen molar-refractivity contribution in [2.45, 2.75) is 365 Å². The Bertz CT molecular complexity index is 1200. The maximum absolute atomic E-state index is 13.1. The zero-order valence-corrected chi connectivity index (χ0v) is 48.2. The van der Waals surface area contributed by atoms with Crippen LogP contribution in [0.2, 0.25) is 0 Å². The predicted octanol–water partition coefficient (Wildman–Crippen LogP) is 16.5. The van der Waals surface area contributed by atoms with Crippen LogP contribution in [0, 0.1) is 0 Å². The second kappa shape index (κ2) is 54.0. The number of aliphatic hydroxyl groups excluding tert-OH is 5. The van der Waals surface area contributed by atoms with Gasteiger partial charge >= 0.3 is 0 Å². The number of ether oxygens (including phenoxy) is 2. The van der Waals surface area contributed by atoms with Gasteiger partial charge < -0.3 is 40.3 Å². The van der Waals surface area contributed by atoms with Gasteiger partial charge in [0, 0.05) is 6.42 Å². The minimum absolute atomic E-state index is 0.134. The molecule has 1 saturated heterocycles. The molecule has 9 heteroatoms. The van der Waals surface area contributed by atoms with Gasteiger partial charge in [-0.15, -0.1) is 0 Å². The first-order valence-corrected chi connectivity index (χ1v) is 32.0. The molecule has 6 N–H and O–H groups in total. The van der Waals surface area contributed by atoms with Crippen molar-refractivity contribution >= 4 is 5.91 Å². The third-order valence-electron chi connectivity index (χ3n) is 15.6. The molecular formula is C64H123NO8. The Morgan fingerprint density at radius 1 is 0.466 bits per heavy atom. The largest absolute Gasteiger partial charge is 0.394 e. The van der Waals surface area contributed by atoms with E-state index >= 15 is 0 Å². The lowest BCUT2D eigenvalue weighted by molar-refractivity contribution is -0.302. The van der Waals surface area contributed by atoms with Gasteiger partial charge in [-0.3, -0.25) is 4.79 Å². The summed E-state index contributed by atoms with van der Waals surface area (Å²) >= 11 is 0. The van der Waals surface area contributed by atoms with Gasteiger partial charge in [0.1, 0.15) is 24.4 Å². The fourth-order valence-electron chi connectivity index (χ4n) is 10.5. The molecule has 1 fully saturated rings. The average molecular weight is 1030 g/mol. The van der Waals surface area contributed by atoms with Crippen molar-refractivity contribution in [3.05, 3.63) is 24.3 Å². The van der Waals surface area contributed by atoms with Crippen molar-refractivity contribution in [1.82, 2.24) is 5.32 Å². The summed E-state index contributed by atoms with van der Waals surface area (Å²) in [6.45, 7) is 3.87. The van der Waals surface area contributed by atoms with Crippen LogP contribution in [-0.2, 0) is 14.3 Å². The Hall–Kier alpha value is -1.33. The number of hydrogen-bond donors (Lipinski definition) is 6. The summed E-state index contributed by atoms with van der Waals surface area (Å²) in [5, 5.41) is 54.8. The third-order valence-corrected chi connectivity index (χ3v) is 15.6. The number of aliphatic hydroxyl groups is 5. The molecule has 0 aromatic heterocycles. The van der Waals surface area contributed by atoms with Crippen LogP contribution >= 0.6 is 0 Å². The van der Waals surface area contributed by atoms with Crippen LogP contribution in [0.25, 0.3) is 0 Å². The van der Waals surface area contributed by atoms with Crippen molar-refractivity contribution in [1.29, 1.82) is 0 Å². The molecule has 0 saturated carbocycles. The van der Waals surface area contributed by atoms with Crippen molar-refractivity contribution in [2.24, 2.45) is 0 Å². The first kappa shape index (κ1) is 69.7. The lowest BCUT2D eigenvalue weighted by Crippen LogP contribution is -2.60. The van der Waals surface area contributed by atoms with Gasteiger partial charge in [-0.1, -0.05) is 295 Å². The zero-order valence-electron chi connectivity index (χ0n) is 48.2. The summed E-state index contributed by atoms with van der Waals surface area (Å²) in [5.41, 5.74) is 0. The van der Waals surface area contributed by atoms with Crippen molar-refractivity contribution in [2.75, 3.05) is 13.2 Å². The molecule has 0 bridgehead atoms. The van der Waals surface area contributed by atoms with Crippen LogP contribution in [0.5, 0.6) is 0 Å². The van der Waals surface area contributed by atoms with Crippen LogP contribution < -0.4 is 5.32 Å². The van der Waals surface area contributed by atoms with Gasteiger partial charge in [0.2, 0.25) is 5.91 Å². The van der Waals surface area contributed by atoms with Gasteiger partial charge in [-0.25, -0.2) is 0 Å². The highest BCUT2D eigenvalue weighted by Crippen LogP contribution is 2.24. The SMILES string of the molecule is CCCCCCC/C=C\C/C=C\CCCCCCCCCCCCCCCCCCCC(=O)NC(COC1OC(CO)C(O)C(O)C1O)C(O)CCCCCCCCCCCCCCCCCCCCCCC. The number of carbonyl (C=O) groups is 1. The molecule has 0 aliphatic carbocycles. The molecule has 1 amide bonds. The Kier molecular flexibility index (Phi) is 51.6. The third kappa shape index (κ3) is 43.4. The molecule has 7 unspecified atom stereocenters. The van der Waals surface area contributed by atoms with E-state index in [2.05, 4.69) is 43.5 Å². The molecule has 0 aromatic rings. The van der Waals surface area contributed by atoms with Crippen LogP contribution in [0.4, 0.5) is 0 Å². The normalized spacial score (nSPS) is 19.1. The summed E-state index contributed by atoms with van der Waals surface area (Å²) in [5.74, 6) is -0.138. The molecule has 1 aliphatic rings. The van der Waals surface area contributed by atoms with E-state index in [4.69, 9.17) is 9.47 Å².